The van der Waals surface area contributed by atoms with E-state index in [0.29, 0.717) is 11.3 Å². The summed E-state index contributed by atoms with van der Waals surface area (Å²) in [7, 11) is 0. The highest BCUT2D eigenvalue weighted by Crippen LogP contribution is 2.22. The molecule has 19 heavy (non-hydrogen) atoms. The maximum absolute atomic E-state index is 13.2. The van der Waals surface area contributed by atoms with Crippen LogP contribution in [0.2, 0.25) is 0 Å². The summed E-state index contributed by atoms with van der Waals surface area (Å²) in [6.07, 6.45) is -0.393. The van der Waals surface area contributed by atoms with Gasteiger partial charge in [0.25, 0.3) is 0 Å². The van der Waals surface area contributed by atoms with E-state index in [0.717, 1.165) is 5.56 Å². The minimum atomic E-state index is -0.393. The molecule has 4 heteroatoms. The zero-order valence-corrected chi connectivity index (χ0v) is 10.4. The Kier molecular flexibility index (Phi) is 4.49. The van der Waals surface area contributed by atoms with Crippen molar-refractivity contribution >= 4 is 0 Å². The van der Waals surface area contributed by atoms with Gasteiger partial charge in [0.1, 0.15) is 17.7 Å². The minimum Gasteiger partial charge on any atom is -0.484 e. The molecule has 100 valence electrons. The molecule has 0 aromatic heterocycles. The first-order valence-corrected chi connectivity index (χ1v) is 6.05. The third kappa shape index (κ3) is 3.53. The summed E-state index contributed by atoms with van der Waals surface area (Å²) in [5.41, 5.74) is 7.18. The SMILES string of the molecule is NCC(Oc1ccc(CO)cc1)c1cccc(F)c1. The molecule has 0 amide bonds. The zero-order valence-electron chi connectivity index (χ0n) is 10.4. The van der Waals surface area contributed by atoms with Crippen LogP contribution < -0.4 is 10.5 Å². The molecule has 3 nitrogen and oxygen atoms in total. The Morgan fingerprint density at radius 1 is 1.16 bits per heavy atom. The van der Waals surface area contributed by atoms with Gasteiger partial charge in [-0.05, 0) is 35.4 Å². The molecule has 0 aliphatic heterocycles. The smallest absolute Gasteiger partial charge is 0.136 e. The fourth-order valence-electron chi connectivity index (χ4n) is 1.80. The van der Waals surface area contributed by atoms with Crippen molar-refractivity contribution in [2.45, 2.75) is 12.7 Å². The molecule has 0 saturated heterocycles. The van der Waals surface area contributed by atoms with Crippen molar-refractivity contribution in [1.82, 2.24) is 0 Å². The van der Waals surface area contributed by atoms with Crippen LogP contribution in [-0.2, 0) is 6.61 Å². The quantitative estimate of drug-likeness (QED) is 0.869. The maximum atomic E-state index is 13.2. The maximum Gasteiger partial charge on any atom is 0.136 e. The second kappa shape index (κ2) is 6.31. The van der Waals surface area contributed by atoms with E-state index in [9.17, 15) is 4.39 Å². The molecule has 0 radical (unpaired) electrons. The Bertz CT molecular complexity index is 528. The number of hydrogen-bond donors (Lipinski definition) is 2. The Hall–Kier alpha value is -1.91. The molecule has 0 fully saturated rings. The van der Waals surface area contributed by atoms with Crippen molar-refractivity contribution in [3.63, 3.8) is 0 Å². The van der Waals surface area contributed by atoms with E-state index in [4.69, 9.17) is 15.6 Å². The fraction of sp³-hybridized carbons (Fsp3) is 0.200. The van der Waals surface area contributed by atoms with Crippen molar-refractivity contribution in [3.8, 4) is 5.75 Å². The molecule has 2 aromatic rings. The summed E-state index contributed by atoms with van der Waals surface area (Å²) in [6.45, 7) is 0.246. The van der Waals surface area contributed by atoms with Gasteiger partial charge < -0.3 is 15.6 Å². The van der Waals surface area contributed by atoms with Gasteiger partial charge in [-0.1, -0.05) is 24.3 Å². The largest absolute Gasteiger partial charge is 0.484 e. The molecule has 0 aliphatic carbocycles. The predicted molar refractivity (Wildman–Crippen MR) is 71.2 cm³/mol. The average Bonchev–Trinajstić information content (AvgIpc) is 2.45. The zero-order chi connectivity index (χ0) is 13.7. The summed E-state index contributed by atoms with van der Waals surface area (Å²) in [6, 6.07) is 13.3. The number of halogens is 1. The van der Waals surface area contributed by atoms with Crippen LogP contribution in [0.25, 0.3) is 0 Å². The molecule has 2 aromatic carbocycles. The van der Waals surface area contributed by atoms with E-state index in [2.05, 4.69) is 0 Å². The van der Waals surface area contributed by atoms with E-state index in [1.165, 1.54) is 12.1 Å². The number of aliphatic hydroxyl groups excluding tert-OH is 1. The first kappa shape index (κ1) is 13.5. The monoisotopic (exact) mass is 261 g/mol. The number of hydrogen-bond acceptors (Lipinski definition) is 3. The summed E-state index contributed by atoms with van der Waals surface area (Å²) < 4.78 is 18.9. The third-order valence-electron chi connectivity index (χ3n) is 2.82. The lowest BCUT2D eigenvalue weighted by atomic mass is 10.1. The highest BCUT2D eigenvalue weighted by atomic mass is 19.1. The number of rotatable bonds is 5. The van der Waals surface area contributed by atoms with Crippen LogP contribution in [0.4, 0.5) is 4.39 Å². The van der Waals surface area contributed by atoms with Crippen LogP contribution in [0.15, 0.2) is 48.5 Å². The van der Waals surface area contributed by atoms with E-state index < -0.39 is 6.10 Å². The van der Waals surface area contributed by atoms with E-state index >= 15 is 0 Å². The Morgan fingerprint density at radius 2 is 1.89 bits per heavy atom. The van der Waals surface area contributed by atoms with Gasteiger partial charge in [-0.3, -0.25) is 0 Å². The second-order valence-electron chi connectivity index (χ2n) is 4.20. The summed E-state index contributed by atoms with van der Waals surface area (Å²) >= 11 is 0. The lowest BCUT2D eigenvalue weighted by Crippen LogP contribution is -2.18. The van der Waals surface area contributed by atoms with Gasteiger partial charge in [0, 0.05) is 6.54 Å². The number of aliphatic hydroxyl groups is 1. The third-order valence-corrected chi connectivity index (χ3v) is 2.82. The number of ether oxygens (including phenoxy) is 1. The van der Waals surface area contributed by atoms with Crippen molar-refractivity contribution in [3.05, 3.63) is 65.5 Å². The van der Waals surface area contributed by atoms with Crippen molar-refractivity contribution in [2.75, 3.05) is 6.54 Å². The molecule has 2 rings (SSSR count). The highest BCUT2D eigenvalue weighted by Gasteiger charge is 2.12. The molecule has 0 bridgehead atoms. The lowest BCUT2D eigenvalue weighted by Gasteiger charge is -2.18. The van der Waals surface area contributed by atoms with Crippen LogP contribution in [0, 0.1) is 5.82 Å². The molecule has 0 spiro atoms. The molecule has 0 heterocycles. The standard InChI is InChI=1S/C15H16FNO2/c16-13-3-1-2-12(8-13)15(9-17)19-14-6-4-11(10-18)5-7-14/h1-8,15,18H,9-10,17H2. The van der Waals surface area contributed by atoms with Crippen LogP contribution in [0.1, 0.15) is 17.2 Å². The first-order valence-electron chi connectivity index (χ1n) is 6.05. The second-order valence-corrected chi connectivity index (χ2v) is 4.20. The van der Waals surface area contributed by atoms with Gasteiger partial charge in [-0.25, -0.2) is 4.39 Å². The molecule has 3 N–H and O–H groups in total. The highest BCUT2D eigenvalue weighted by molar-refractivity contribution is 5.28. The van der Waals surface area contributed by atoms with Crippen molar-refractivity contribution in [1.29, 1.82) is 0 Å². The van der Waals surface area contributed by atoms with Crippen LogP contribution >= 0.6 is 0 Å². The molecule has 0 saturated carbocycles. The van der Waals surface area contributed by atoms with Crippen molar-refractivity contribution in [2.24, 2.45) is 5.73 Å². The number of benzene rings is 2. The normalized spacial score (nSPS) is 12.2. The van der Waals surface area contributed by atoms with Crippen LogP contribution in [-0.4, -0.2) is 11.7 Å². The average molecular weight is 261 g/mol. The van der Waals surface area contributed by atoms with Crippen LogP contribution in [0.3, 0.4) is 0 Å². The molecule has 1 unspecified atom stereocenters. The molecular weight excluding hydrogens is 245 g/mol. The summed E-state index contributed by atoms with van der Waals surface area (Å²) in [5, 5.41) is 8.96. The fourth-order valence-corrected chi connectivity index (χ4v) is 1.80. The lowest BCUT2D eigenvalue weighted by molar-refractivity contribution is 0.213. The minimum absolute atomic E-state index is 0.00943. The van der Waals surface area contributed by atoms with Gasteiger partial charge in [-0.15, -0.1) is 0 Å². The van der Waals surface area contributed by atoms with E-state index in [1.54, 1.807) is 36.4 Å². The topological polar surface area (TPSA) is 55.5 Å². The van der Waals surface area contributed by atoms with Gasteiger partial charge in [0.05, 0.1) is 6.61 Å². The van der Waals surface area contributed by atoms with Gasteiger partial charge in [0.15, 0.2) is 0 Å². The summed E-state index contributed by atoms with van der Waals surface area (Å²) in [4.78, 5) is 0. The predicted octanol–water partition coefficient (Wildman–Crippen LogP) is 2.40. The van der Waals surface area contributed by atoms with Crippen LogP contribution in [0.5, 0.6) is 5.75 Å². The van der Waals surface area contributed by atoms with Gasteiger partial charge in [0.2, 0.25) is 0 Å². The Morgan fingerprint density at radius 3 is 2.47 bits per heavy atom. The van der Waals surface area contributed by atoms with E-state index in [-0.39, 0.29) is 19.0 Å². The first-order chi connectivity index (χ1) is 9.22. The Labute approximate surface area is 111 Å². The summed E-state index contributed by atoms with van der Waals surface area (Å²) in [5.74, 6) is 0.326. The Balaban J connectivity index is 2.14. The van der Waals surface area contributed by atoms with E-state index in [1.807, 2.05) is 0 Å². The molecule has 0 aliphatic rings. The number of nitrogens with two attached hydrogens (primary N) is 1. The van der Waals surface area contributed by atoms with Gasteiger partial charge in [-0.2, -0.15) is 0 Å². The van der Waals surface area contributed by atoms with Crippen molar-refractivity contribution < 1.29 is 14.2 Å². The van der Waals surface area contributed by atoms with Gasteiger partial charge >= 0.3 is 0 Å². The molecular formula is C15H16FNO2. The molecule has 1 atom stereocenters.